The Labute approximate surface area is 250 Å². The van der Waals surface area contributed by atoms with Gasteiger partial charge in [-0.15, -0.1) is 11.3 Å². The van der Waals surface area contributed by atoms with Gasteiger partial charge in [0.2, 0.25) is 11.8 Å². The van der Waals surface area contributed by atoms with Gasteiger partial charge in [-0.05, 0) is 41.8 Å². The maximum absolute atomic E-state index is 13.0. The summed E-state index contributed by atoms with van der Waals surface area (Å²) in [6.07, 6.45) is 0.254. The summed E-state index contributed by atoms with van der Waals surface area (Å²) in [5.74, 6) is -0.478. The predicted molar refractivity (Wildman–Crippen MR) is 159 cm³/mol. The normalized spacial score (nSPS) is 11.8. The van der Waals surface area contributed by atoms with E-state index in [9.17, 15) is 18.0 Å². The lowest BCUT2D eigenvalue weighted by Crippen LogP contribution is -2.41. The van der Waals surface area contributed by atoms with Crippen molar-refractivity contribution in [2.24, 2.45) is 11.5 Å². The molecule has 42 heavy (non-hydrogen) atoms. The number of carbonyl (C=O) groups excluding carboxylic acids is 2. The van der Waals surface area contributed by atoms with Crippen LogP contribution in [0.25, 0.3) is 10.9 Å². The van der Waals surface area contributed by atoms with Crippen LogP contribution < -0.4 is 26.2 Å². The van der Waals surface area contributed by atoms with Crippen LogP contribution >= 0.6 is 22.9 Å². The summed E-state index contributed by atoms with van der Waals surface area (Å²) in [7, 11) is -2.43. The standard InChI is InChI=1S/C25H27ClN6O5S2.CH2O2/c1-37-19-7-3-6-18-23(19)25(31-39(35,36)22-11-9-20(26)38-22)30-32(18)14-16-5-2-4-15(12-16)13-29-17(24(28)34)8-10-21(27)33;2-1-3/h2-7,9,11-12,17,29H,8,10,13-14H2,1H3,(H2,27,33)(H2,28,34)(H,30,31);1H,(H,2,3)/t17-;/m0./s1. The molecular formula is C26H29ClN6O7S2. The van der Waals surface area contributed by atoms with Crippen LogP contribution in [0.1, 0.15) is 24.0 Å². The number of nitrogens with two attached hydrogens (primary N) is 2. The fraction of sp³-hybridized carbons (Fsp3) is 0.231. The molecule has 2 amide bonds. The summed E-state index contributed by atoms with van der Waals surface area (Å²) in [5, 5.41) is 15.0. The number of primary amides is 2. The van der Waals surface area contributed by atoms with E-state index < -0.39 is 27.9 Å². The number of nitrogens with one attached hydrogen (secondary N) is 2. The van der Waals surface area contributed by atoms with E-state index in [-0.39, 0.29) is 29.3 Å². The van der Waals surface area contributed by atoms with Crippen molar-refractivity contribution in [3.05, 3.63) is 70.1 Å². The van der Waals surface area contributed by atoms with Gasteiger partial charge in [0, 0.05) is 13.0 Å². The van der Waals surface area contributed by atoms with Crippen molar-refractivity contribution in [3.8, 4) is 5.75 Å². The molecule has 0 saturated heterocycles. The van der Waals surface area contributed by atoms with Gasteiger partial charge in [-0.2, -0.15) is 5.10 Å². The molecule has 13 nitrogen and oxygen atoms in total. The maximum atomic E-state index is 13.0. The summed E-state index contributed by atoms with van der Waals surface area (Å²) in [6.45, 7) is 0.410. The zero-order valence-corrected chi connectivity index (χ0v) is 24.7. The molecule has 0 aliphatic carbocycles. The number of hydrogen-bond acceptors (Lipinski definition) is 9. The van der Waals surface area contributed by atoms with Crippen molar-refractivity contribution >= 4 is 68.0 Å². The van der Waals surface area contributed by atoms with Gasteiger partial charge in [0.25, 0.3) is 16.5 Å². The zero-order chi connectivity index (χ0) is 30.9. The number of thiophene rings is 1. The molecule has 16 heteroatoms. The number of aromatic nitrogens is 2. The number of amides is 2. The number of halogens is 1. The van der Waals surface area contributed by atoms with Crippen molar-refractivity contribution in [3.63, 3.8) is 0 Å². The van der Waals surface area contributed by atoms with Gasteiger partial charge in [0.15, 0.2) is 5.82 Å². The number of nitrogens with zero attached hydrogens (tertiary/aromatic N) is 2. The first-order chi connectivity index (χ1) is 20.0. The van der Waals surface area contributed by atoms with Crippen molar-refractivity contribution < 1.29 is 32.6 Å². The number of carbonyl (C=O) groups is 3. The number of fused-ring (bicyclic) bond motifs is 1. The second-order valence-corrected chi connectivity index (χ2v) is 12.4. The first kappa shape index (κ1) is 32.3. The Bertz CT molecular complexity index is 1670. The summed E-state index contributed by atoms with van der Waals surface area (Å²) >= 11 is 6.89. The molecule has 0 unspecified atom stereocenters. The second kappa shape index (κ2) is 14.6. The molecule has 0 saturated carbocycles. The summed E-state index contributed by atoms with van der Waals surface area (Å²) in [4.78, 5) is 31.2. The Morgan fingerprint density at radius 3 is 2.48 bits per heavy atom. The summed E-state index contributed by atoms with van der Waals surface area (Å²) in [6, 6.07) is 15.2. The molecule has 0 bridgehead atoms. The lowest BCUT2D eigenvalue weighted by atomic mass is 10.1. The van der Waals surface area contributed by atoms with Crippen LogP contribution in [0.4, 0.5) is 5.82 Å². The van der Waals surface area contributed by atoms with Crippen molar-refractivity contribution in [1.29, 1.82) is 0 Å². The van der Waals surface area contributed by atoms with E-state index in [4.69, 9.17) is 37.7 Å². The van der Waals surface area contributed by atoms with Gasteiger partial charge in [-0.3, -0.25) is 23.8 Å². The average Bonchev–Trinajstić information content (AvgIpc) is 3.53. The monoisotopic (exact) mass is 636 g/mol. The number of rotatable bonds is 13. The fourth-order valence-corrected chi connectivity index (χ4v) is 6.55. The van der Waals surface area contributed by atoms with Gasteiger partial charge in [0.1, 0.15) is 9.96 Å². The number of ether oxygens (including phenoxy) is 1. The molecule has 2 heterocycles. The molecule has 4 aromatic rings. The quantitative estimate of drug-likeness (QED) is 0.136. The highest BCUT2D eigenvalue weighted by molar-refractivity contribution is 7.94. The highest BCUT2D eigenvalue weighted by Crippen LogP contribution is 2.35. The van der Waals surface area contributed by atoms with Crippen LogP contribution in [-0.2, 0) is 37.5 Å². The zero-order valence-electron chi connectivity index (χ0n) is 22.3. The van der Waals surface area contributed by atoms with Crippen molar-refractivity contribution in [2.45, 2.75) is 36.2 Å². The molecule has 0 spiro atoms. The lowest BCUT2D eigenvalue weighted by molar-refractivity contribution is -0.123. The Morgan fingerprint density at radius 2 is 1.86 bits per heavy atom. The lowest BCUT2D eigenvalue weighted by Gasteiger charge is -2.15. The average molecular weight is 637 g/mol. The van der Waals surface area contributed by atoms with Crippen LogP contribution in [0.15, 0.2) is 58.8 Å². The minimum absolute atomic E-state index is 0.0437. The van der Waals surface area contributed by atoms with Gasteiger partial charge < -0.3 is 26.6 Å². The van der Waals surface area contributed by atoms with Crippen LogP contribution in [0.2, 0.25) is 4.34 Å². The molecule has 2 aromatic carbocycles. The highest BCUT2D eigenvalue weighted by atomic mass is 35.5. The third kappa shape index (κ3) is 8.42. The van der Waals surface area contributed by atoms with Gasteiger partial charge in [0.05, 0.1) is 34.9 Å². The molecule has 224 valence electrons. The fourth-order valence-electron chi connectivity index (χ4n) is 4.06. The molecule has 0 fully saturated rings. The van der Waals surface area contributed by atoms with Gasteiger partial charge >= 0.3 is 0 Å². The Balaban J connectivity index is 0.00000155. The van der Waals surface area contributed by atoms with Gasteiger partial charge in [-0.1, -0.05) is 41.9 Å². The van der Waals surface area contributed by atoms with E-state index >= 15 is 0 Å². The van der Waals surface area contributed by atoms with E-state index in [1.165, 1.54) is 19.2 Å². The predicted octanol–water partition coefficient (Wildman–Crippen LogP) is 2.52. The van der Waals surface area contributed by atoms with Crippen molar-refractivity contribution in [2.75, 3.05) is 11.8 Å². The van der Waals surface area contributed by atoms with E-state index in [1.54, 1.807) is 16.8 Å². The van der Waals surface area contributed by atoms with E-state index in [0.717, 1.165) is 22.5 Å². The number of sulfonamides is 1. The molecule has 1 atom stereocenters. The first-order valence-electron chi connectivity index (χ1n) is 12.3. The van der Waals surface area contributed by atoms with Crippen LogP contribution in [0, 0.1) is 0 Å². The van der Waals surface area contributed by atoms with Gasteiger partial charge in [-0.25, -0.2) is 8.42 Å². The summed E-state index contributed by atoms with van der Waals surface area (Å²) in [5.41, 5.74) is 13.1. The van der Waals surface area contributed by atoms with E-state index in [1.807, 2.05) is 30.3 Å². The molecule has 2 aromatic heterocycles. The topological polar surface area (TPSA) is 209 Å². The molecule has 7 N–H and O–H groups in total. The van der Waals surface area contributed by atoms with Crippen molar-refractivity contribution in [1.82, 2.24) is 15.1 Å². The number of anilines is 1. The maximum Gasteiger partial charge on any atom is 0.290 e. The van der Waals surface area contributed by atoms with E-state index in [2.05, 4.69) is 15.1 Å². The smallest absolute Gasteiger partial charge is 0.290 e. The largest absolute Gasteiger partial charge is 0.496 e. The van der Waals surface area contributed by atoms with Crippen LogP contribution in [0.3, 0.4) is 0 Å². The van der Waals surface area contributed by atoms with Crippen LogP contribution in [0.5, 0.6) is 5.75 Å². The SMILES string of the molecule is COc1cccc2c1c(NS(=O)(=O)c1ccc(Cl)s1)nn2Cc1cccc(CN[C@@H](CCC(N)=O)C(N)=O)c1.O=CO. The first-order valence-corrected chi connectivity index (χ1v) is 14.9. The molecule has 4 rings (SSSR count). The Morgan fingerprint density at radius 1 is 1.17 bits per heavy atom. The number of hydrogen-bond donors (Lipinski definition) is 5. The second-order valence-electron chi connectivity index (χ2n) is 8.79. The molecule has 0 aliphatic heterocycles. The minimum Gasteiger partial charge on any atom is -0.496 e. The number of benzene rings is 2. The third-order valence-electron chi connectivity index (χ3n) is 5.90. The highest BCUT2D eigenvalue weighted by Gasteiger charge is 2.23. The number of carboxylic acid groups (broad SMARTS) is 1. The Hall–Kier alpha value is -4.18. The number of methoxy groups -OCH3 is 1. The molecular weight excluding hydrogens is 608 g/mol. The third-order valence-corrected chi connectivity index (χ3v) is 8.97. The Kier molecular flexibility index (Phi) is 11.3. The van der Waals surface area contributed by atoms with Crippen LogP contribution in [-0.4, -0.2) is 54.7 Å². The summed E-state index contributed by atoms with van der Waals surface area (Å²) < 4.78 is 36.2. The molecule has 0 aliphatic rings. The minimum atomic E-state index is -3.93. The molecule has 0 radical (unpaired) electrons. The van der Waals surface area contributed by atoms with E-state index in [0.29, 0.717) is 34.1 Å².